The molecule has 0 aliphatic heterocycles. The first kappa shape index (κ1) is 11.1. The molecule has 2 nitrogen and oxygen atoms in total. The van der Waals surface area contributed by atoms with E-state index in [1.165, 1.54) is 16.5 Å². The Morgan fingerprint density at radius 2 is 2.00 bits per heavy atom. The Labute approximate surface area is 106 Å². The van der Waals surface area contributed by atoms with Gasteiger partial charge in [0.1, 0.15) is 0 Å². The minimum absolute atomic E-state index is 0.273. The number of hydrogen-bond donors (Lipinski definition) is 0. The van der Waals surface area contributed by atoms with Crippen LogP contribution in [0.3, 0.4) is 0 Å². The van der Waals surface area contributed by atoms with Crippen molar-refractivity contribution >= 4 is 16.7 Å². The van der Waals surface area contributed by atoms with E-state index in [9.17, 15) is 4.79 Å². The minimum Gasteiger partial charge on any atom is -0.295 e. The monoisotopic (exact) mass is 237 g/mol. The Bertz CT molecular complexity index is 623. The summed E-state index contributed by atoms with van der Waals surface area (Å²) in [5, 5.41) is 1.19. The Kier molecular flexibility index (Phi) is 2.93. The summed E-state index contributed by atoms with van der Waals surface area (Å²) in [6, 6.07) is 10.2. The van der Waals surface area contributed by atoms with Gasteiger partial charge in [0.15, 0.2) is 5.78 Å². The maximum Gasteiger partial charge on any atom is 0.155 e. The van der Waals surface area contributed by atoms with Crippen LogP contribution in [0.4, 0.5) is 0 Å². The van der Waals surface area contributed by atoms with Gasteiger partial charge >= 0.3 is 0 Å². The van der Waals surface area contributed by atoms with Gasteiger partial charge in [-0.15, -0.1) is 0 Å². The van der Waals surface area contributed by atoms with Crippen molar-refractivity contribution in [3.8, 4) is 0 Å². The number of fused-ring (bicyclic) bond motifs is 1. The lowest BCUT2D eigenvalue weighted by atomic mass is 9.92. The summed E-state index contributed by atoms with van der Waals surface area (Å²) < 4.78 is 0. The quantitative estimate of drug-likeness (QED) is 0.800. The number of para-hydroxylation sites is 1. The normalized spacial score (nSPS) is 15.8. The van der Waals surface area contributed by atoms with E-state index in [-0.39, 0.29) is 5.78 Å². The fourth-order valence-corrected chi connectivity index (χ4v) is 2.55. The fraction of sp³-hybridized carbons (Fsp3) is 0.250. The van der Waals surface area contributed by atoms with Crippen molar-refractivity contribution in [1.82, 2.24) is 4.98 Å². The minimum atomic E-state index is 0.273. The summed E-state index contributed by atoms with van der Waals surface area (Å²) in [6.45, 7) is 0. The molecule has 1 aliphatic carbocycles. The molecule has 0 unspecified atom stereocenters. The zero-order valence-corrected chi connectivity index (χ0v) is 10.2. The first-order chi connectivity index (χ1) is 8.83. The van der Waals surface area contributed by atoms with Crippen molar-refractivity contribution in [3.63, 3.8) is 0 Å². The van der Waals surface area contributed by atoms with E-state index < -0.39 is 0 Å². The number of hydrogen-bond acceptors (Lipinski definition) is 2. The van der Waals surface area contributed by atoms with Gasteiger partial charge in [0.05, 0.1) is 5.52 Å². The molecular weight excluding hydrogens is 222 g/mol. The number of rotatable bonds is 2. The summed E-state index contributed by atoms with van der Waals surface area (Å²) in [7, 11) is 0. The van der Waals surface area contributed by atoms with Crippen molar-refractivity contribution in [2.75, 3.05) is 0 Å². The number of benzene rings is 1. The molecule has 3 rings (SSSR count). The lowest BCUT2D eigenvalue weighted by Gasteiger charge is -2.13. The first-order valence-corrected chi connectivity index (χ1v) is 6.38. The Morgan fingerprint density at radius 1 is 1.11 bits per heavy atom. The van der Waals surface area contributed by atoms with E-state index in [0.717, 1.165) is 24.8 Å². The van der Waals surface area contributed by atoms with Crippen molar-refractivity contribution < 1.29 is 4.79 Å². The average Bonchev–Trinajstić information content (AvgIpc) is 2.39. The summed E-state index contributed by atoms with van der Waals surface area (Å²) in [6.07, 6.45) is 7.30. The topological polar surface area (TPSA) is 30.0 Å². The van der Waals surface area contributed by atoms with E-state index in [1.807, 2.05) is 30.5 Å². The maximum absolute atomic E-state index is 11.4. The van der Waals surface area contributed by atoms with Crippen LogP contribution >= 0.6 is 0 Å². The van der Waals surface area contributed by atoms with Gasteiger partial charge in [-0.2, -0.15) is 0 Å². The van der Waals surface area contributed by atoms with Crippen LogP contribution in [0.25, 0.3) is 10.9 Å². The molecule has 0 radical (unpaired) electrons. The highest BCUT2D eigenvalue weighted by Gasteiger charge is 2.11. The molecule has 0 atom stereocenters. The number of carbonyl (C=O) groups is 1. The van der Waals surface area contributed by atoms with Crippen LogP contribution < -0.4 is 0 Å². The summed E-state index contributed by atoms with van der Waals surface area (Å²) in [5.41, 5.74) is 3.54. The van der Waals surface area contributed by atoms with Gasteiger partial charge < -0.3 is 0 Å². The molecule has 0 spiro atoms. The van der Waals surface area contributed by atoms with Crippen molar-refractivity contribution in [3.05, 3.63) is 53.7 Å². The van der Waals surface area contributed by atoms with E-state index in [1.54, 1.807) is 0 Å². The standard InChI is InChI=1S/C16H15NO/c18-14-5-3-4-12(11-14)10-13-8-9-17-16-7-2-1-6-15(13)16/h1-2,6-9,11H,3-5,10H2. The zero-order chi connectivity index (χ0) is 12.4. The summed E-state index contributed by atoms with van der Waals surface area (Å²) in [4.78, 5) is 15.8. The van der Waals surface area contributed by atoms with Gasteiger partial charge in [0.25, 0.3) is 0 Å². The van der Waals surface area contributed by atoms with E-state index in [2.05, 4.69) is 17.1 Å². The smallest absolute Gasteiger partial charge is 0.155 e. The molecular formula is C16H15NO. The van der Waals surface area contributed by atoms with Gasteiger partial charge in [-0.3, -0.25) is 9.78 Å². The SMILES string of the molecule is O=C1C=C(Cc2ccnc3ccccc23)CCC1. The predicted octanol–water partition coefficient (Wildman–Crippen LogP) is 3.46. The Morgan fingerprint density at radius 3 is 2.89 bits per heavy atom. The number of aromatic nitrogens is 1. The maximum atomic E-state index is 11.4. The average molecular weight is 237 g/mol. The van der Waals surface area contributed by atoms with Crippen LogP contribution in [0.2, 0.25) is 0 Å². The second kappa shape index (κ2) is 4.73. The third-order valence-electron chi connectivity index (χ3n) is 3.44. The van der Waals surface area contributed by atoms with E-state index >= 15 is 0 Å². The highest BCUT2D eigenvalue weighted by Crippen LogP contribution is 2.23. The molecule has 0 saturated carbocycles. The molecule has 0 bridgehead atoms. The second-order valence-corrected chi connectivity index (χ2v) is 4.79. The Hall–Kier alpha value is -1.96. The predicted molar refractivity (Wildman–Crippen MR) is 72.4 cm³/mol. The molecule has 0 N–H and O–H groups in total. The largest absolute Gasteiger partial charge is 0.295 e. The van der Waals surface area contributed by atoms with Crippen molar-refractivity contribution in [2.45, 2.75) is 25.7 Å². The summed E-state index contributed by atoms with van der Waals surface area (Å²) in [5.74, 6) is 0.273. The van der Waals surface area contributed by atoms with E-state index in [0.29, 0.717) is 6.42 Å². The molecule has 1 aliphatic rings. The van der Waals surface area contributed by atoms with Crippen molar-refractivity contribution in [2.24, 2.45) is 0 Å². The highest BCUT2D eigenvalue weighted by molar-refractivity contribution is 5.91. The lowest BCUT2D eigenvalue weighted by Crippen LogP contribution is -2.04. The van der Waals surface area contributed by atoms with Crippen molar-refractivity contribution in [1.29, 1.82) is 0 Å². The second-order valence-electron chi connectivity index (χ2n) is 4.79. The number of allylic oxidation sites excluding steroid dienone is 2. The first-order valence-electron chi connectivity index (χ1n) is 6.38. The number of pyridine rings is 1. The molecule has 18 heavy (non-hydrogen) atoms. The van der Waals surface area contributed by atoms with Gasteiger partial charge in [-0.1, -0.05) is 23.8 Å². The molecule has 2 aromatic rings. The van der Waals surface area contributed by atoms with Gasteiger partial charge in [-0.25, -0.2) is 0 Å². The fourth-order valence-electron chi connectivity index (χ4n) is 2.55. The number of nitrogens with zero attached hydrogens (tertiary/aromatic N) is 1. The number of ketones is 1. The molecule has 1 aromatic carbocycles. The lowest BCUT2D eigenvalue weighted by molar-refractivity contribution is -0.115. The molecule has 0 amide bonds. The van der Waals surface area contributed by atoms with Gasteiger partial charge in [0.2, 0.25) is 0 Å². The molecule has 90 valence electrons. The zero-order valence-electron chi connectivity index (χ0n) is 10.2. The number of carbonyl (C=O) groups excluding carboxylic acids is 1. The van der Waals surface area contributed by atoms with Crippen LogP contribution in [-0.2, 0) is 11.2 Å². The van der Waals surface area contributed by atoms with Crippen LogP contribution in [-0.4, -0.2) is 10.8 Å². The molecule has 0 saturated heterocycles. The third-order valence-corrected chi connectivity index (χ3v) is 3.44. The highest BCUT2D eigenvalue weighted by atomic mass is 16.1. The third kappa shape index (κ3) is 2.19. The van der Waals surface area contributed by atoms with Crippen LogP contribution in [0, 0.1) is 0 Å². The van der Waals surface area contributed by atoms with Gasteiger partial charge in [-0.05, 0) is 43.0 Å². The molecule has 1 aromatic heterocycles. The molecule has 0 fully saturated rings. The summed E-state index contributed by atoms with van der Waals surface area (Å²) >= 11 is 0. The van der Waals surface area contributed by atoms with Crippen LogP contribution in [0.1, 0.15) is 24.8 Å². The Balaban J connectivity index is 1.97. The van der Waals surface area contributed by atoms with Crippen LogP contribution in [0.15, 0.2) is 48.2 Å². The van der Waals surface area contributed by atoms with E-state index in [4.69, 9.17) is 0 Å². The van der Waals surface area contributed by atoms with Crippen LogP contribution in [0.5, 0.6) is 0 Å². The molecule has 2 heteroatoms. The molecule has 1 heterocycles. The van der Waals surface area contributed by atoms with Gasteiger partial charge in [0, 0.05) is 18.0 Å².